The van der Waals surface area contributed by atoms with E-state index in [2.05, 4.69) is 6.92 Å². The van der Waals surface area contributed by atoms with Crippen LogP contribution in [0.15, 0.2) is 21.9 Å². The first kappa shape index (κ1) is 16.7. The second kappa shape index (κ2) is 9.56. The van der Waals surface area contributed by atoms with Crippen LogP contribution in [0, 0.1) is 0 Å². The highest BCUT2D eigenvalue weighted by Crippen LogP contribution is 2.06. The second-order valence-electron chi connectivity index (χ2n) is 5.40. The molecule has 1 rings (SSSR count). The summed E-state index contributed by atoms with van der Waals surface area (Å²) in [5, 5.41) is 0. The van der Waals surface area contributed by atoms with Crippen LogP contribution in [0.3, 0.4) is 0 Å². The molecule has 20 heavy (non-hydrogen) atoms. The largest absolute Gasteiger partial charge is 0.330 e. The number of hydrogen-bond acceptors (Lipinski definition) is 2. The maximum Gasteiger partial charge on any atom is 0.330 e. The van der Waals surface area contributed by atoms with Gasteiger partial charge in [-0.3, -0.25) is 9.36 Å². The van der Waals surface area contributed by atoms with E-state index in [-0.39, 0.29) is 11.2 Å². The Hall–Kier alpha value is -1.32. The monoisotopic (exact) mass is 280 g/mol. The smallest absolute Gasteiger partial charge is 0.300 e. The maximum absolute atomic E-state index is 12.1. The van der Waals surface area contributed by atoms with Crippen molar-refractivity contribution in [2.24, 2.45) is 0 Å². The quantitative estimate of drug-likeness (QED) is 0.618. The zero-order valence-corrected chi connectivity index (χ0v) is 12.9. The molecule has 0 radical (unpaired) electrons. The van der Waals surface area contributed by atoms with Crippen LogP contribution in [-0.4, -0.2) is 9.13 Å². The van der Waals surface area contributed by atoms with Crippen molar-refractivity contribution in [3.05, 3.63) is 33.1 Å². The fourth-order valence-corrected chi connectivity index (χ4v) is 2.40. The van der Waals surface area contributed by atoms with Crippen molar-refractivity contribution in [1.82, 2.24) is 9.13 Å². The van der Waals surface area contributed by atoms with Crippen LogP contribution in [-0.2, 0) is 13.1 Å². The van der Waals surface area contributed by atoms with Gasteiger partial charge < -0.3 is 4.57 Å². The van der Waals surface area contributed by atoms with E-state index in [9.17, 15) is 9.59 Å². The van der Waals surface area contributed by atoms with Crippen LogP contribution in [0.2, 0.25) is 0 Å². The van der Waals surface area contributed by atoms with Gasteiger partial charge in [-0.1, -0.05) is 52.4 Å². The summed E-state index contributed by atoms with van der Waals surface area (Å²) >= 11 is 0. The van der Waals surface area contributed by atoms with Crippen LogP contribution in [0.1, 0.15) is 65.2 Å². The molecule has 0 unspecified atom stereocenters. The van der Waals surface area contributed by atoms with E-state index in [1.807, 2.05) is 6.92 Å². The van der Waals surface area contributed by atoms with Crippen molar-refractivity contribution in [1.29, 1.82) is 0 Å². The summed E-state index contributed by atoms with van der Waals surface area (Å²) in [6.07, 6.45) is 10.8. The van der Waals surface area contributed by atoms with Crippen LogP contribution >= 0.6 is 0 Å². The summed E-state index contributed by atoms with van der Waals surface area (Å²) in [6, 6.07) is 1.50. The number of hydrogen-bond donors (Lipinski definition) is 0. The maximum atomic E-state index is 12.1. The molecular formula is C16H28N2O2. The molecule has 0 aliphatic carbocycles. The summed E-state index contributed by atoms with van der Waals surface area (Å²) in [7, 11) is 0. The number of aryl methyl sites for hydroxylation is 1. The van der Waals surface area contributed by atoms with Crippen molar-refractivity contribution in [2.75, 3.05) is 0 Å². The minimum Gasteiger partial charge on any atom is -0.300 e. The minimum absolute atomic E-state index is 0.162. The van der Waals surface area contributed by atoms with Crippen LogP contribution in [0.5, 0.6) is 0 Å². The van der Waals surface area contributed by atoms with Gasteiger partial charge >= 0.3 is 5.69 Å². The number of rotatable bonds is 10. The van der Waals surface area contributed by atoms with Crippen LogP contribution in [0.4, 0.5) is 0 Å². The third-order valence-corrected chi connectivity index (χ3v) is 3.59. The molecule has 0 spiro atoms. The molecule has 0 atom stereocenters. The Morgan fingerprint density at radius 3 is 2.15 bits per heavy atom. The molecule has 0 fully saturated rings. The Morgan fingerprint density at radius 1 is 0.850 bits per heavy atom. The van der Waals surface area contributed by atoms with Gasteiger partial charge in [-0.25, -0.2) is 4.79 Å². The van der Waals surface area contributed by atoms with Crippen molar-refractivity contribution in [3.63, 3.8) is 0 Å². The molecule has 0 N–H and O–H groups in total. The second-order valence-corrected chi connectivity index (χ2v) is 5.40. The highest BCUT2D eigenvalue weighted by molar-refractivity contribution is 4.86. The summed E-state index contributed by atoms with van der Waals surface area (Å²) in [6.45, 7) is 5.47. The molecule has 0 aliphatic rings. The number of aromatic nitrogens is 2. The third-order valence-electron chi connectivity index (χ3n) is 3.59. The van der Waals surface area contributed by atoms with Crippen LogP contribution in [0.25, 0.3) is 0 Å². The van der Waals surface area contributed by atoms with Crippen molar-refractivity contribution >= 4 is 0 Å². The summed E-state index contributed by atoms with van der Waals surface area (Å²) in [5.74, 6) is 0. The molecule has 0 amide bonds. The van der Waals surface area contributed by atoms with Gasteiger partial charge in [-0.05, 0) is 12.8 Å². The van der Waals surface area contributed by atoms with Gasteiger partial charge in [0.05, 0.1) is 0 Å². The number of nitrogens with zero attached hydrogens (tertiary/aromatic N) is 2. The molecule has 0 saturated carbocycles. The molecule has 114 valence electrons. The van der Waals surface area contributed by atoms with Crippen LogP contribution < -0.4 is 11.2 Å². The topological polar surface area (TPSA) is 44.0 Å². The summed E-state index contributed by atoms with van der Waals surface area (Å²) < 4.78 is 3.00. The van der Waals surface area contributed by atoms with Gasteiger partial charge in [0, 0.05) is 25.4 Å². The molecule has 0 saturated heterocycles. The molecule has 1 aromatic rings. The Labute approximate surface area is 121 Å². The first-order valence-electron chi connectivity index (χ1n) is 8.01. The van der Waals surface area contributed by atoms with E-state index in [0.29, 0.717) is 13.1 Å². The molecular weight excluding hydrogens is 252 g/mol. The highest BCUT2D eigenvalue weighted by Gasteiger charge is 2.04. The zero-order valence-electron chi connectivity index (χ0n) is 12.9. The van der Waals surface area contributed by atoms with Crippen molar-refractivity contribution in [2.45, 2.75) is 78.3 Å². The third kappa shape index (κ3) is 5.35. The van der Waals surface area contributed by atoms with Gasteiger partial charge in [-0.15, -0.1) is 0 Å². The lowest BCUT2D eigenvalue weighted by atomic mass is 10.1. The average molecular weight is 280 g/mol. The van der Waals surface area contributed by atoms with E-state index < -0.39 is 0 Å². The zero-order chi connectivity index (χ0) is 14.8. The highest BCUT2D eigenvalue weighted by atomic mass is 16.2. The van der Waals surface area contributed by atoms with Gasteiger partial charge in [-0.2, -0.15) is 0 Å². The molecule has 0 bridgehead atoms. The fraction of sp³-hybridized carbons (Fsp3) is 0.750. The SMILES string of the molecule is CCCCCCCCCn1c(=O)ccn(CCC)c1=O. The predicted molar refractivity (Wildman–Crippen MR) is 83.2 cm³/mol. The van der Waals surface area contributed by atoms with E-state index in [1.165, 1.54) is 42.7 Å². The van der Waals surface area contributed by atoms with E-state index >= 15 is 0 Å². The normalized spacial score (nSPS) is 10.9. The van der Waals surface area contributed by atoms with Crippen molar-refractivity contribution < 1.29 is 0 Å². The minimum atomic E-state index is -0.173. The summed E-state index contributed by atoms with van der Waals surface area (Å²) in [5.41, 5.74) is -0.335. The first-order valence-corrected chi connectivity index (χ1v) is 8.01. The molecule has 4 heteroatoms. The van der Waals surface area contributed by atoms with E-state index in [0.717, 1.165) is 19.3 Å². The average Bonchev–Trinajstić information content (AvgIpc) is 2.44. The lowest BCUT2D eigenvalue weighted by Gasteiger charge is -2.08. The van der Waals surface area contributed by atoms with E-state index in [4.69, 9.17) is 0 Å². The lowest BCUT2D eigenvalue weighted by Crippen LogP contribution is -2.39. The molecule has 1 aromatic heterocycles. The van der Waals surface area contributed by atoms with Crippen molar-refractivity contribution in [3.8, 4) is 0 Å². The Morgan fingerprint density at radius 2 is 1.50 bits per heavy atom. The Balaban J connectivity index is 2.45. The Bertz CT molecular complexity index is 488. The van der Waals surface area contributed by atoms with Gasteiger partial charge in [0.2, 0.25) is 0 Å². The molecule has 4 nitrogen and oxygen atoms in total. The molecule has 1 heterocycles. The van der Waals surface area contributed by atoms with E-state index in [1.54, 1.807) is 10.8 Å². The lowest BCUT2D eigenvalue weighted by molar-refractivity contribution is 0.502. The van der Waals surface area contributed by atoms with Gasteiger partial charge in [0.1, 0.15) is 0 Å². The Kier molecular flexibility index (Phi) is 8.00. The molecule has 0 aliphatic heterocycles. The van der Waals surface area contributed by atoms with Gasteiger partial charge in [0.25, 0.3) is 5.56 Å². The fourth-order valence-electron chi connectivity index (χ4n) is 2.40. The first-order chi connectivity index (χ1) is 9.70. The summed E-state index contributed by atoms with van der Waals surface area (Å²) in [4.78, 5) is 23.9. The number of unbranched alkanes of at least 4 members (excludes halogenated alkanes) is 6. The predicted octanol–water partition coefficient (Wildman–Crippen LogP) is 3.17. The van der Waals surface area contributed by atoms with Gasteiger partial charge in [0.15, 0.2) is 0 Å². The molecule has 0 aromatic carbocycles. The standard InChI is InChI=1S/C16H28N2O2/c1-3-5-6-7-8-9-10-13-18-15(19)11-14-17(12-4-2)16(18)20/h11,14H,3-10,12-13H2,1-2H3.